The lowest BCUT2D eigenvalue weighted by Crippen LogP contribution is -2.33. The van der Waals surface area contributed by atoms with Crippen molar-refractivity contribution in [1.82, 2.24) is 15.6 Å². The zero-order valence-electron chi connectivity index (χ0n) is 11.0. The summed E-state index contributed by atoms with van der Waals surface area (Å²) in [6, 6.07) is 0.0258. The lowest BCUT2D eigenvalue weighted by molar-refractivity contribution is -0.122. The third kappa shape index (κ3) is 3.78. The van der Waals surface area contributed by atoms with E-state index in [0.29, 0.717) is 12.3 Å². The Labute approximate surface area is 112 Å². The quantitative estimate of drug-likeness (QED) is 0.877. The molecule has 0 radical (unpaired) electrons. The maximum Gasteiger partial charge on any atom is 0.220 e. The molecule has 1 saturated heterocycles. The van der Waals surface area contributed by atoms with E-state index in [0.717, 1.165) is 30.9 Å². The predicted octanol–water partition coefficient (Wildman–Crippen LogP) is 2.02. The summed E-state index contributed by atoms with van der Waals surface area (Å²) >= 11 is 1.65. The highest BCUT2D eigenvalue weighted by Crippen LogP contribution is 2.20. The van der Waals surface area contributed by atoms with Crippen LogP contribution in [0.25, 0.3) is 0 Å². The minimum atomic E-state index is 0.0258. The lowest BCUT2D eigenvalue weighted by atomic mass is 9.94. The zero-order chi connectivity index (χ0) is 13.0. The van der Waals surface area contributed by atoms with Gasteiger partial charge in [-0.15, -0.1) is 11.3 Å². The van der Waals surface area contributed by atoms with Crippen LogP contribution in [-0.4, -0.2) is 24.0 Å². The predicted molar refractivity (Wildman–Crippen MR) is 73.6 cm³/mol. The maximum absolute atomic E-state index is 11.9. The molecule has 2 N–H and O–H groups in total. The summed E-state index contributed by atoms with van der Waals surface area (Å²) < 4.78 is 0. The number of aromatic nitrogens is 1. The summed E-state index contributed by atoms with van der Waals surface area (Å²) in [4.78, 5) is 17.4. The van der Waals surface area contributed by atoms with Gasteiger partial charge in [-0.2, -0.15) is 0 Å². The van der Waals surface area contributed by atoms with Crippen LogP contribution in [0.5, 0.6) is 0 Å². The fourth-order valence-electron chi connectivity index (χ4n) is 2.28. The number of nitrogens with one attached hydrogen (secondary N) is 2. The molecule has 1 amide bonds. The van der Waals surface area contributed by atoms with E-state index < -0.39 is 0 Å². The van der Waals surface area contributed by atoms with E-state index in [1.54, 1.807) is 11.3 Å². The van der Waals surface area contributed by atoms with Crippen LogP contribution in [-0.2, 0) is 4.79 Å². The molecule has 1 aliphatic heterocycles. The number of hydrogen-bond donors (Lipinski definition) is 2. The fraction of sp³-hybridized carbons (Fsp3) is 0.692. The Hall–Kier alpha value is -0.940. The SMILES string of the molecule is Cc1cnc(C(C)NC(=O)CC2CCNCC2)s1. The molecule has 0 aromatic carbocycles. The van der Waals surface area contributed by atoms with Crippen LogP contribution in [0.2, 0.25) is 0 Å². The number of nitrogens with zero attached hydrogens (tertiary/aromatic N) is 1. The first-order chi connectivity index (χ1) is 8.65. The first-order valence-electron chi connectivity index (χ1n) is 6.57. The molecule has 1 aromatic rings. The molecule has 0 saturated carbocycles. The van der Waals surface area contributed by atoms with Gasteiger partial charge in [-0.05, 0) is 45.7 Å². The summed E-state index contributed by atoms with van der Waals surface area (Å²) in [7, 11) is 0. The van der Waals surface area contributed by atoms with Gasteiger partial charge in [0.15, 0.2) is 0 Å². The Bertz CT molecular complexity index is 399. The van der Waals surface area contributed by atoms with Crippen LogP contribution in [0, 0.1) is 12.8 Å². The van der Waals surface area contributed by atoms with Crippen molar-refractivity contribution >= 4 is 17.2 Å². The standard InChI is InChI=1S/C13H21N3OS/c1-9-8-15-13(18-9)10(2)16-12(17)7-11-3-5-14-6-4-11/h8,10-11,14H,3-7H2,1-2H3,(H,16,17). The van der Waals surface area contributed by atoms with E-state index in [9.17, 15) is 4.79 Å². The maximum atomic E-state index is 11.9. The Morgan fingerprint density at radius 3 is 2.94 bits per heavy atom. The summed E-state index contributed by atoms with van der Waals surface area (Å²) in [5, 5.41) is 7.35. The van der Waals surface area contributed by atoms with E-state index in [1.807, 2.05) is 20.0 Å². The molecule has 1 atom stereocenters. The van der Waals surface area contributed by atoms with Crippen LogP contribution in [0.1, 0.15) is 42.1 Å². The molecule has 2 heterocycles. The van der Waals surface area contributed by atoms with Crippen molar-refractivity contribution in [2.45, 2.75) is 39.2 Å². The number of carbonyl (C=O) groups is 1. The third-order valence-electron chi connectivity index (χ3n) is 3.32. The van der Waals surface area contributed by atoms with E-state index in [2.05, 4.69) is 15.6 Å². The van der Waals surface area contributed by atoms with Gasteiger partial charge in [0.25, 0.3) is 0 Å². The number of amides is 1. The highest BCUT2D eigenvalue weighted by Gasteiger charge is 2.19. The number of carbonyl (C=O) groups excluding carboxylic acids is 1. The van der Waals surface area contributed by atoms with Gasteiger partial charge in [0.1, 0.15) is 5.01 Å². The second kappa shape index (κ2) is 6.29. The average molecular weight is 267 g/mol. The molecule has 100 valence electrons. The normalized spacial score (nSPS) is 18.6. The minimum absolute atomic E-state index is 0.0258. The highest BCUT2D eigenvalue weighted by atomic mass is 32.1. The van der Waals surface area contributed by atoms with Gasteiger partial charge < -0.3 is 10.6 Å². The van der Waals surface area contributed by atoms with Crippen LogP contribution >= 0.6 is 11.3 Å². The van der Waals surface area contributed by atoms with Crippen LogP contribution < -0.4 is 10.6 Å². The molecule has 1 aromatic heterocycles. The first-order valence-corrected chi connectivity index (χ1v) is 7.39. The van der Waals surface area contributed by atoms with Crippen molar-refractivity contribution < 1.29 is 4.79 Å². The van der Waals surface area contributed by atoms with Crippen molar-refractivity contribution in [3.8, 4) is 0 Å². The summed E-state index contributed by atoms with van der Waals surface area (Å²) in [6.45, 7) is 6.11. The lowest BCUT2D eigenvalue weighted by Gasteiger charge is -2.22. The second-order valence-electron chi connectivity index (χ2n) is 5.00. The molecular formula is C13H21N3OS. The molecule has 0 spiro atoms. The van der Waals surface area contributed by atoms with Crippen LogP contribution in [0.15, 0.2) is 6.20 Å². The Morgan fingerprint density at radius 2 is 2.33 bits per heavy atom. The number of aryl methyl sites for hydroxylation is 1. The molecule has 0 aliphatic carbocycles. The van der Waals surface area contributed by atoms with Crippen molar-refractivity contribution in [3.05, 3.63) is 16.1 Å². The molecule has 2 rings (SSSR count). The van der Waals surface area contributed by atoms with Gasteiger partial charge in [0.05, 0.1) is 6.04 Å². The number of piperidine rings is 1. The largest absolute Gasteiger partial charge is 0.347 e. The van der Waals surface area contributed by atoms with Gasteiger partial charge in [-0.3, -0.25) is 4.79 Å². The molecule has 5 heteroatoms. The second-order valence-corrected chi connectivity index (χ2v) is 6.26. The number of thiazole rings is 1. The summed E-state index contributed by atoms with van der Waals surface area (Å²) in [5.74, 6) is 0.693. The van der Waals surface area contributed by atoms with Crippen molar-refractivity contribution in [2.75, 3.05) is 13.1 Å². The summed E-state index contributed by atoms with van der Waals surface area (Å²) in [6.07, 6.45) is 4.72. The van der Waals surface area contributed by atoms with Gasteiger partial charge in [-0.1, -0.05) is 0 Å². The van der Waals surface area contributed by atoms with Gasteiger partial charge >= 0.3 is 0 Å². The van der Waals surface area contributed by atoms with E-state index in [1.165, 1.54) is 4.88 Å². The van der Waals surface area contributed by atoms with E-state index >= 15 is 0 Å². The zero-order valence-corrected chi connectivity index (χ0v) is 11.8. The van der Waals surface area contributed by atoms with Gasteiger partial charge in [0, 0.05) is 17.5 Å². The van der Waals surface area contributed by atoms with Crippen LogP contribution in [0.4, 0.5) is 0 Å². The topological polar surface area (TPSA) is 54.0 Å². The number of hydrogen-bond acceptors (Lipinski definition) is 4. The molecular weight excluding hydrogens is 246 g/mol. The van der Waals surface area contributed by atoms with Gasteiger partial charge in [-0.25, -0.2) is 4.98 Å². The Morgan fingerprint density at radius 1 is 1.61 bits per heavy atom. The summed E-state index contributed by atoms with van der Waals surface area (Å²) in [5.41, 5.74) is 0. The molecule has 18 heavy (non-hydrogen) atoms. The third-order valence-corrected chi connectivity index (χ3v) is 4.42. The number of rotatable bonds is 4. The molecule has 4 nitrogen and oxygen atoms in total. The minimum Gasteiger partial charge on any atom is -0.347 e. The Kier molecular flexibility index (Phi) is 4.72. The fourth-order valence-corrected chi connectivity index (χ4v) is 3.06. The van der Waals surface area contributed by atoms with E-state index in [-0.39, 0.29) is 11.9 Å². The molecule has 1 unspecified atom stereocenters. The van der Waals surface area contributed by atoms with Crippen LogP contribution in [0.3, 0.4) is 0 Å². The highest BCUT2D eigenvalue weighted by molar-refractivity contribution is 7.11. The smallest absolute Gasteiger partial charge is 0.220 e. The monoisotopic (exact) mass is 267 g/mol. The molecule has 1 aliphatic rings. The Balaban J connectivity index is 1.79. The van der Waals surface area contributed by atoms with Crippen molar-refractivity contribution in [3.63, 3.8) is 0 Å². The van der Waals surface area contributed by atoms with Gasteiger partial charge in [0.2, 0.25) is 5.91 Å². The van der Waals surface area contributed by atoms with Crippen molar-refractivity contribution in [2.24, 2.45) is 5.92 Å². The average Bonchev–Trinajstić information content (AvgIpc) is 2.77. The van der Waals surface area contributed by atoms with E-state index in [4.69, 9.17) is 0 Å². The molecule has 0 bridgehead atoms. The first kappa shape index (κ1) is 13.5. The van der Waals surface area contributed by atoms with Crippen molar-refractivity contribution in [1.29, 1.82) is 0 Å². The molecule has 1 fully saturated rings.